The summed E-state index contributed by atoms with van der Waals surface area (Å²) in [5.74, 6) is -7.60. The van der Waals surface area contributed by atoms with Gasteiger partial charge in [0, 0.05) is 19.2 Å². The van der Waals surface area contributed by atoms with Gasteiger partial charge in [-0.25, -0.2) is 4.79 Å². The van der Waals surface area contributed by atoms with Crippen LogP contribution in [0, 0.1) is 0 Å². The fourth-order valence-electron chi connectivity index (χ4n) is 2.11. The standard InChI is InChI=1S/C13H17BrO10/c1-5(15)9(19)13(6(2)16,24-7(3)17)12(23,4-14)10(20)8(18)11(21)22/h8,10,18,20,23H,4H2,1-3H3,(H,21,22)/t8-,10+,12-,13-/m0/s1. The number of rotatable bonds is 9. The van der Waals surface area contributed by atoms with Gasteiger partial charge >= 0.3 is 11.9 Å². The number of hydrogen-bond donors (Lipinski definition) is 4. The lowest BCUT2D eigenvalue weighted by Gasteiger charge is -2.44. The van der Waals surface area contributed by atoms with Crippen LogP contribution in [-0.2, 0) is 28.7 Å². The van der Waals surface area contributed by atoms with E-state index in [1.165, 1.54) is 0 Å². The minimum absolute atomic E-state index is 0.692. The summed E-state index contributed by atoms with van der Waals surface area (Å²) >= 11 is 2.68. The third-order valence-corrected chi connectivity index (χ3v) is 4.14. The number of carboxylic acid groups (broad SMARTS) is 1. The maximum Gasteiger partial charge on any atom is 0.335 e. The van der Waals surface area contributed by atoms with Crippen molar-refractivity contribution in [2.24, 2.45) is 0 Å². The van der Waals surface area contributed by atoms with Crippen molar-refractivity contribution in [3.8, 4) is 0 Å². The Morgan fingerprint density at radius 3 is 1.79 bits per heavy atom. The summed E-state index contributed by atoms with van der Waals surface area (Å²) in [6, 6.07) is 0. The minimum Gasteiger partial charge on any atom is -0.479 e. The van der Waals surface area contributed by atoms with Crippen LogP contribution in [0.5, 0.6) is 0 Å². The number of halogens is 1. The van der Waals surface area contributed by atoms with Crippen molar-refractivity contribution in [2.75, 3.05) is 5.33 Å². The van der Waals surface area contributed by atoms with E-state index >= 15 is 0 Å². The highest BCUT2D eigenvalue weighted by Gasteiger charge is 2.67. The Bertz CT molecular complexity index is 573. The number of ether oxygens (including phenoxy) is 1. The molecular weight excluding hydrogens is 396 g/mol. The Morgan fingerprint density at radius 2 is 1.54 bits per heavy atom. The minimum atomic E-state index is -3.25. The SMILES string of the molecule is CC(=O)O[C@@](C(C)=O)(C(=O)C(C)=O)[C@](O)(CBr)[C@H](O)[C@H](O)C(=O)O. The molecule has 0 aliphatic rings. The Kier molecular flexibility index (Phi) is 7.36. The summed E-state index contributed by atoms with van der Waals surface area (Å²) in [6.45, 7) is 2.18. The van der Waals surface area contributed by atoms with Gasteiger partial charge in [-0.2, -0.15) is 0 Å². The number of esters is 1. The molecule has 0 radical (unpaired) electrons. The third kappa shape index (κ3) is 3.69. The zero-order valence-corrected chi connectivity index (χ0v) is 14.6. The van der Waals surface area contributed by atoms with Crippen LogP contribution in [0.2, 0.25) is 0 Å². The van der Waals surface area contributed by atoms with Crippen LogP contribution < -0.4 is 0 Å². The van der Waals surface area contributed by atoms with Gasteiger partial charge in [0.25, 0.3) is 11.4 Å². The molecule has 0 aliphatic heterocycles. The molecule has 10 nitrogen and oxygen atoms in total. The van der Waals surface area contributed by atoms with Gasteiger partial charge in [-0.15, -0.1) is 0 Å². The zero-order chi connectivity index (χ0) is 19.5. The number of alkyl halides is 1. The summed E-state index contributed by atoms with van der Waals surface area (Å²) in [6.07, 6.45) is -5.32. The van der Waals surface area contributed by atoms with Crippen LogP contribution in [0.1, 0.15) is 20.8 Å². The molecule has 0 heterocycles. The fourth-order valence-corrected chi connectivity index (χ4v) is 2.84. The zero-order valence-electron chi connectivity index (χ0n) is 13.0. The average molecular weight is 413 g/mol. The molecule has 0 aromatic carbocycles. The molecule has 0 aliphatic carbocycles. The first-order valence-corrected chi connectivity index (χ1v) is 7.55. The smallest absolute Gasteiger partial charge is 0.335 e. The number of Topliss-reactive ketones (excluding diaryl/α,β-unsaturated/α-hetero) is 3. The number of hydrogen-bond acceptors (Lipinski definition) is 9. The van der Waals surface area contributed by atoms with E-state index < -0.39 is 58.0 Å². The van der Waals surface area contributed by atoms with Gasteiger partial charge in [0.15, 0.2) is 23.3 Å². The highest BCUT2D eigenvalue weighted by molar-refractivity contribution is 9.09. The van der Waals surface area contributed by atoms with E-state index in [0.717, 1.165) is 13.8 Å². The normalized spacial score (nSPS) is 18.5. The lowest BCUT2D eigenvalue weighted by molar-refractivity contribution is -0.223. The van der Waals surface area contributed by atoms with Crippen LogP contribution in [0.15, 0.2) is 0 Å². The number of aliphatic hydroxyl groups is 3. The molecule has 4 atom stereocenters. The Hall–Kier alpha value is -1.69. The van der Waals surface area contributed by atoms with Crippen LogP contribution in [0.25, 0.3) is 0 Å². The first-order chi connectivity index (χ1) is 10.8. The van der Waals surface area contributed by atoms with Crippen molar-refractivity contribution in [1.29, 1.82) is 0 Å². The molecule has 0 aromatic rings. The summed E-state index contributed by atoms with van der Waals surface area (Å²) < 4.78 is 4.63. The summed E-state index contributed by atoms with van der Waals surface area (Å²) in [5, 5.41) is 38.0. The van der Waals surface area contributed by atoms with Crippen molar-refractivity contribution in [3.63, 3.8) is 0 Å². The quantitative estimate of drug-likeness (QED) is 0.143. The maximum atomic E-state index is 12.3. The van der Waals surface area contributed by atoms with Crippen molar-refractivity contribution in [1.82, 2.24) is 0 Å². The number of carbonyl (C=O) groups excluding carboxylic acids is 4. The van der Waals surface area contributed by atoms with Crippen LogP contribution in [0.4, 0.5) is 0 Å². The van der Waals surface area contributed by atoms with E-state index in [1.54, 1.807) is 0 Å². The van der Waals surface area contributed by atoms with E-state index in [4.69, 9.17) is 5.11 Å². The van der Waals surface area contributed by atoms with Gasteiger partial charge in [-0.3, -0.25) is 19.2 Å². The summed E-state index contributed by atoms with van der Waals surface area (Å²) in [4.78, 5) is 58.0. The van der Waals surface area contributed by atoms with Gasteiger partial charge in [0.1, 0.15) is 6.10 Å². The Morgan fingerprint density at radius 1 is 1.08 bits per heavy atom. The van der Waals surface area contributed by atoms with Gasteiger partial charge < -0.3 is 25.2 Å². The van der Waals surface area contributed by atoms with Crippen molar-refractivity contribution >= 4 is 45.2 Å². The number of ketones is 3. The largest absolute Gasteiger partial charge is 0.479 e. The number of carbonyl (C=O) groups is 5. The van der Waals surface area contributed by atoms with Crippen LogP contribution in [0.3, 0.4) is 0 Å². The summed E-state index contributed by atoms with van der Waals surface area (Å²) in [5.41, 5.74) is -6.39. The predicted octanol–water partition coefficient (Wildman–Crippen LogP) is -2.03. The number of aliphatic hydroxyl groups excluding tert-OH is 2. The van der Waals surface area contributed by atoms with E-state index in [0.29, 0.717) is 6.92 Å². The topological polar surface area (TPSA) is 176 Å². The Balaban J connectivity index is 6.68. The number of carboxylic acids is 1. The second kappa shape index (κ2) is 7.92. The van der Waals surface area contributed by atoms with Crippen molar-refractivity contribution in [2.45, 2.75) is 44.2 Å². The molecule has 0 saturated heterocycles. The molecule has 0 fully saturated rings. The molecule has 0 saturated carbocycles. The first-order valence-electron chi connectivity index (χ1n) is 6.42. The van der Waals surface area contributed by atoms with Gasteiger partial charge in [-0.05, 0) is 6.92 Å². The first kappa shape index (κ1) is 22.3. The Labute approximate surface area is 144 Å². The monoisotopic (exact) mass is 412 g/mol. The molecule has 0 aromatic heterocycles. The molecule has 0 amide bonds. The molecule has 0 unspecified atom stereocenters. The molecule has 24 heavy (non-hydrogen) atoms. The second-order valence-corrected chi connectivity index (χ2v) is 5.56. The molecule has 11 heteroatoms. The van der Waals surface area contributed by atoms with Crippen molar-refractivity contribution in [3.05, 3.63) is 0 Å². The lowest BCUT2D eigenvalue weighted by Crippen LogP contribution is -2.74. The van der Waals surface area contributed by atoms with Gasteiger partial charge in [0.05, 0.1) is 0 Å². The molecule has 4 N–H and O–H groups in total. The van der Waals surface area contributed by atoms with E-state index in [2.05, 4.69) is 20.7 Å². The second-order valence-electron chi connectivity index (χ2n) is 5.00. The van der Waals surface area contributed by atoms with E-state index in [9.17, 15) is 39.3 Å². The molecule has 0 spiro atoms. The fraction of sp³-hybridized carbons (Fsp3) is 0.615. The third-order valence-electron chi connectivity index (χ3n) is 3.29. The number of aliphatic carboxylic acids is 1. The highest BCUT2D eigenvalue weighted by Crippen LogP contribution is 2.36. The predicted molar refractivity (Wildman–Crippen MR) is 79.3 cm³/mol. The van der Waals surface area contributed by atoms with Crippen molar-refractivity contribution < 1.29 is 49.1 Å². The maximum absolute atomic E-state index is 12.3. The van der Waals surface area contributed by atoms with Crippen LogP contribution >= 0.6 is 15.9 Å². The van der Waals surface area contributed by atoms with Gasteiger partial charge in [0.2, 0.25) is 0 Å². The van der Waals surface area contributed by atoms with E-state index in [-0.39, 0.29) is 0 Å². The van der Waals surface area contributed by atoms with Gasteiger partial charge in [-0.1, -0.05) is 15.9 Å². The lowest BCUT2D eigenvalue weighted by atomic mass is 9.72. The average Bonchev–Trinajstić information content (AvgIpc) is 2.48. The molecule has 136 valence electrons. The molecule has 0 rings (SSSR count). The van der Waals surface area contributed by atoms with Crippen LogP contribution in [-0.4, -0.2) is 78.5 Å². The molecule has 0 bridgehead atoms. The van der Waals surface area contributed by atoms with E-state index in [1.807, 2.05) is 0 Å². The highest BCUT2D eigenvalue weighted by atomic mass is 79.9. The molecular formula is C13H17BrO10. The summed E-state index contributed by atoms with van der Waals surface area (Å²) in [7, 11) is 0.